The lowest BCUT2D eigenvalue weighted by atomic mass is 9.99. The van der Waals surface area contributed by atoms with Crippen LogP contribution < -0.4 is 0 Å². The fraction of sp³-hybridized carbons (Fsp3) is 0.500. The molecular weight excluding hydrogens is 214 g/mol. The predicted molar refractivity (Wildman–Crippen MR) is 66.4 cm³/mol. The van der Waals surface area contributed by atoms with E-state index in [9.17, 15) is 4.79 Å². The molecule has 1 aromatic rings. The lowest BCUT2D eigenvalue weighted by Gasteiger charge is -2.15. The van der Waals surface area contributed by atoms with Crippen molar-refractivity contribution in [1.29, 1.82) is 0 Å². The lowest BCUT2D eigenvalue weighted by Crippen LogP contribution is -2.24. The van der Waals surface area contributed by atoms with E-state index in [1.54, 1.807) is 0 Å². The van der Waals surface area contributed by atoms with E-state index in [4.69, 9.17) is 4.74 Å². The second kappa shape index (κ2) is 5.32. The molecule has 1 aromatic carbocycles. The van der Waals surface area contributed by atoms with Crippen LogP contribution in [0.25, 0.3) is 0 Å². The summed E-state index contributed by atoms with van der Waals surface area (Å²) in [5.74, 6) is 0.336. The van der Waals surface area contributed by atoms with Gasteiger partial charge in [-0.3, -0.25) is 9.69 Å². The first-order valence-corrected chi connectivity index (χ1v) is 6.05. The number of nitrogens with zero attached hydrogens (tertiary/aromatic N) is 1. The van der Waals surface area contributed by atoms with Crippen LogP contribution in [0.2, 0.25) is 0 Å². The average Bonchev–Trinajstić information content (AvgIpc) is 2.70. The van der Waals surface area contributed by atoms with E-state index in [2.05, 4.69) is 24.0 Å². The van der Waals surface area contributed by atoms with Gasteiger partial charge in [-0.25, -0.2) is 0 Å². The first-order valence-electron chi connectivity index (χ1n) is 6.05. The van der Waals surface area contributed by atoms with E-state index in [-0.39, 0.29) is 11.9 Å². The number of carbonyl (C=O) groups excluding carboxylic acids is 1. The highest BCUT2D eigenvalue weighted by Gasteiger charge is 2.35. The van der Waals surface area contributed by atoms with Crippen LogP contribution in [0.5, 0.6) is 0 Å². The van der Waals surface area contributed by atoms with Gasteiger partial charge in [0.15, 0.2) is 0 Å². The Hall–Kier alpha value is -1.35. The number of rotatable bonds is 3. The summed E-state index contributed by atoms with van der Waals surface area (Å²) < 4.78 is 4.84. The number of likely N-dealkylation sites (tertiary alicyclic amines) is 1. The highest BCUT2D eigenvalue weighted by Crippen LogP contribution is 2.25. The average molecular weight is 233 g/mol. The fourth-order valence-corrected chi connectivity index (χ4v) is 2.50. The van der Waals surface area contributed by atoms with Crippen molar-refractivity contribution in [2.24, 2.45) is 11.8 Å². The van der Waals surface area contributed by atoms with Gasteiger partial charge in [0.05, 0.1) is 13.0 Å². The minimum absolute atomic E-state index is 0.0312. The molecule has 2 rings (SSSR count). The maximum Gasteiger partial charge on any atom is 0.310 e. The van der Waals surface area contributed by atoms with E-state index < -0.39 is 0 Å². The second-order valence-electron chi connectivity index (χ2n) is 4.79. The first-order chi connectivity index (χ1) is 8.20. The summed E-state index contributed by atoms with van der Waals surface area (Å²) in [4.78, 5) is 13.9. The summed E-state index contributed by atoms with van der Waals surface area (Å²) in [6.07, 6.45) is 0. The number of benzene rings is 1. The van der Waals surface area contributed by atoms with Gasteiger partial charge >= 0.3 is 5.97 Å². The largest absolute Gasteiger partial charge is 0.469 e. The van der Waals surface area contributed by atoms with Gasteiger partial charge in [-0.05, 0) is 11.5 Å². The third-order valence-corrected chi connectivity index (χ3v) is 3.44. The molecule has 0 amide bonds. The monoisotopic (exact) mass is 233 g/mol. The summed E-state index contributed by atoms with van der Waals surface area (Å²) in [5.41, 5.74) is 1.30. The van der Waals surface area contributed by atoms with Crippen molar-refractivity contribution in [3.63, 3.8) is 0 Å². The van der Waals surface area contributed by atoms with Crippen LogP contribution in [-0.2, 0) is 16.1 Å². The molecule has 0 aromatic heterocycles. The molecule has 1 unspecified atom stereocenters. The van der Waals surface area contributed by atoms with Gasteiger partial charge in [-0.15, -0.1) is 0 Å². The zero-order chi connectivity index (χ0) is 12.3. The highest BCUT2D eigenvalue weighted by molar-refractivity contribution is 5.73. The number of carbonyl (C=O) groups is 1. The Bertz CT molecular complexity index is 377. The topological polar surface area (TPSA) is 29.5 Å². The maximum absolute atomic E-state index is 11.6. The van der Waals surface area contributed by atoms with Crippen molar-refractivity contribution in [1.82, 2.24) is 4.90 Å². The molecule has 0 aliphatic carbocycles. The number of hydrogen-bond acceptors (Lipinski definition) is 3. The van der Waals surface area contributed by atoms with Gasteiger partial charge in [0, 0.05) is 19.6 Å². The summed E-state index contributed by atoms with van der Waals surface area (Å²) in [5, 5.41) is 0. The summed E-state index contributed by atoms with van der Waals surface area (Å²) in [6, 6.07) is 10.4. The van der Waals surface area contributed by atoms with E-state index in [1.807, 2.05) is 18.2 Å². The zero-order valence-electron chi connectivity index (χ0n) is 10.4. The van der Waals surface area contributed by atoms with Crippen LogP contribution in [0.15, 0.2) is 30.3 Å². The standard InChI is InChI=1S/C14H19NO2/c1-11-8-15(10-13(11)14(16)17-2)9-12-6-4-3-5-7-12/h3-7,11,13H,8-10H2,1-2H3/t11?,13-/m1/s1. The van der Waals surface area contributed by atoms with Gasteiger partial charge in [0.2, 0.25) is 0 Å². The molecule has 0 radical (unpaired) electrons. The van der Waals surface area contributed by atoms with Crippen molar-refractivity contribution in [2.75, 3.05) is 20.2 Å². The van der Waals surface area contributed by atoms with Crippen LogP contribution >= 0.6 is 0 Å². The summed E-state index contributed by atoms with van der Waals surface area (Å²) >= 11 is 0. The molecule has 1 aliphatic rings. The van der Waals surface area contributed by atoms with Gasteiger partial charge in [0.25, 0.3) is 0 Å². The van der Waals surface area contributed by atoms with E-state index in [0.29, 0.717) is 5.92 Å². The Kier molecular flexibility index (Phi) is 3.79. The van der Waals surface area contributed by atoms with Crippen molar-refractivity contribution >= 4 is 5.97 Å². The molecule has 17 heavy (non-hydrogen) atoms. The smallest absolute Gasteiger partial charge is 0.310 e. The molecule has 0 N–H and O–H groups in total. The van der Waals surface area contributed by atoms with Crippen molar-refractivity contribution in [3.8, 4) is 0 Å². The van der Waals surface area contributed by atoms with Crippen LogP contribution in [0.1, 0.15) is 12.5 Å². The van der Waals surface area contributed by atoms with Gasteiger partial charge in [-0.2, -0.15) is 0 Å². The minimum Gasteiger partial charge on any atom is -0.469 e. The third-order valence-electron chi connectivity index (χ3n) is 3.44. The Morgan fingerprint density at radius 1 is 1.35 bits per heavy atom. The number of hydrogen-bond donors (Lipinski definition) is 0. The molecule has 0 spiro atoms. The van der Waals surface area contributed by atoms with E-state index in [1.165, 1.54) is 12.7 Å². The van der Waals surface area contributed by atoms with Crippen LogP contribution in [0, 0.1) is 11.8 Å². The van der Waals surface area contributed by atoms with Crippen LogP contribution in [-0.4, -0.2) is 31.1 Å². The predicted octanol–water partition coefficient (Wildman–Crippen LogP) is 1.93. The molecule has 1 heterocycles. The molecule has 1 aliphatic heterocycles. The number of methoxy groups -OCH3 is 1. The Balaban J connectivity index is 1.95. The van der Waals surface area contributed by atoms with Crippen molar-refractivity contribution < 1.29 is 9.53 Å². The molecule has 2 atom stereocenters. The van der Waals surface area contributed by atoms with Gasteiger partial charge in [0.1, 0.15) is 0 Å². The van der Waals surface area contributed by atoms with E-state index >= 15 is 0 Å². The first kappa shape index (κ1) is 12.1. The number of esters is 1. The summed E-state index contributed by atoms with van der Waals surface area (Å²) in [6.45, 7) is 4.81. The Morgan fingerprint density at radius 2 is 2.06 bits per heavy atom. The van der Waals surface area contributed by atoms with E-state index in [0.717, 1.165) is 19.6 Å². The Morgan fingerprint density at radius 3 is 2.71 bits per heavy atom. The maximum atomic E-state index is 11.6. The second-order valence-corrected chi connectivity index (χ2v) is 4.79. The highest BCUT2D eigenvalue weighted by atomic mass is 16.5. The van der Waals surface area contributed by atoms with Crippen molar-refractivity contribution in [3.05, 3.63) is 35.9 Å². The number of ether oxygens (including phenoxy) is 1. The molecular formula is C14H19NO2. The zero-order valence-corrected chi connectivity index (χ0v) is 10.4. The molecule has 3 heteroatoms. The molecule has 1 fully saturated rings. The lowest BCUT2D eigenvalue weighted by molar-refractivity contribution is -0.146. The third kappa shape index (κ3) is 2.86. The Labute approximate surface area is 102 Å². The molecule has 1 saturated heterocycles. The normalized spacial score (nSPS) is 24.8. The van der Waals surface area contributed by atoms with Crippen LogP contribution in [0.3, 0.4) is 0 Å². The molecule has 0 bridgehead atoms. The fourth-order valence-electron chi connectivity index (χ4n) is 2.50. The SMILES string of the molecule is COC(=O)[C@@H]1CN(Cc2ccccc2)CC1C. The van der Waals surface area contributed by atoms with Crippen molar-refractivity contribution in [2.45, 2.75) is 13.5 Å². The quantitative estimate of drug-likeness (QED) is 0.747. The summed E-state index contributed by atoms with van der Waals surface area (Å²) in [7, 11) is 1.47. The minimum atomic E-state index is -0.0759. The molecule has 3 nitrogen and oxygen atoms in total. The van der Waals surface area contributed by atoms with Gasteiger partial charge < -0.3 is 4.74 Å². The van der Waals surface area contributed by atoms with Gasteiger partial charge in [-0.1, -0.05) is 37.3 Å². The molecule has 92 valence electrons. The molecule has 0 saturated carbocycles. The van der Waals surface area contributed by atoms with Crippen LogP contribution in [0.4, 0.5) is 0 Å².